The van der Waals surface area contributed by atoms with Crippen LogP contribution in [0.5, 0.6) is 11.5 Å². The molecule has 0 aliphatic rings. The molecule has 9 heteroatoms. The highest BCUT2D eigenvalue weighted by Crippen LogP contribution is 2.32. The number of methoxy groups -OCH3 is 1. The fourth-order valence-electron chi connectivity index (χ4n) is 3.29. The predicted molar refractivity (Wildman–Crippen MR) is 123 cm³/mol. The third-order valence-electron chi connectivity index (χ3n) is 5.37. The van der Waals surface area contributed by atoms with Gasteiger partial charge in [0.2, 0.25) is 0 Å². The summed E-state index contributed by atoms with van der Waals surface area (Å²) in [4.78, 5) is 14.4. The number of halogens is 2. The first kappa shape index (κ1) is 25.2. The Morgan fingerprint density at radius 2 is 1.68 bits per heavy atom. The molecule has 0 heterocycles. The second-order valence-corrected chi connectivity index (χ2v) is 9.19. The molecular formula is C25H25F2NO5S. The van der Waals surface area contributed by atoms with Crippen molar-refractivity contribution in [3.8, 4) is 11.5 Å². The second kappa shape index (κ2) is 10.6. The molecule has 0 aliphatic heterocycles. The Bertz CT molecular complexity index is 1260. The minimum atomic E-state index is -4.27. The van der Waals surface area contributed by atoms with Crippen LogP contribution in [0.3, 0.4) is 0 Å². The summed E-state index contributed by atoms with van der Waals surface area (Å²) < 4.78 is 63.4. The van der Waals surface area contributed by atoms with Gasteiger partial charge < -0.3 is 13.8 Å². The van der Waals surface area contributed by atoms with Crippen molar-refractivity contribution >= 4 is 16.0 Å². The molecule has 34 heavy (non-hydrogen) atoms. The van der Waals surface area contributed by atoms with Crippen molar-refractivity contribution in [2.75, 3.05) is 7.11 Å². The van der Waals surface area contributed by atoms with Gasteiger partial charge in [-0.15, -0.1) is 0 Å². The summed E-state index contributed by atoms with van der Waals surface area (Å²) >= 11 is 0. The summed E-state index contributed by atoms with van der Waals surface area (Å²) in [6.45, 7) is 3.84. The molecule has 3 rings (SSSR count). The molecule has 1 amide bonds. The Morgan fingerprint density at radius 1 is 1.00 bits per heavy atom. The van der Waals surface area contributed by atoms with Gasteiger partial charge in [0.15, 0.2) is 11.5 Å². The topological polar surface area (TPSA) is 72.9 Å². The van der Waals surface area contributed by atoms with Gasteiger partial charge in [-0.3, -0.25) is 4.79 Å². The van der Waals surface area contributed by atoms with E-state index in [0.717, 1.165) is 24.3 Å². The van der Waals surface area contributed by atoms with E-state index >= 15 is 0 Å². The van der Waals surface area contributed by atoms with Gasteiger partial charge in [-0.1, -0.05) is 25.1 Å². The van der Waals surface area contributed by atoms with Gasteiger partial charge in [0.1, 0.15) is 16.5 Å². The maximum absolute atomic E-state index is 14.3. The van der Waals surface area contributed by atoms with Crippen molar-refractivity contribution in [1.82, 2.24) is 4.90 Å². The Balaban J connectivity index is 1.93. The molecule has 0 radical (unpaired) electrons. The summed E-state index contributed by atoms with van der Waals surface area (Å²) in [5.74, 6) is -1.62. The van der Waals surface area contributed by atoms with Crippen molar-refractivity contribution in [3.63, 3.8) is 0 Å². The summed E-state index contributed by atoms with van der Waals surface area (Å²) in [7, 11) is -2.91. The SMILES string of the molecule is CCC(C)N(Cc1ccc(OC)c(OS(=O)(=O)c2ccc(F)cc2)c1)C(=O)c1ccccc1F. The fourth-order valence-corrected chi connectivity index (χ4v) is 4.22. The highest BCUT2D eigenvalue weighted by atomic mass is 32.2. The zero-order valence-corrected chi connectivity index (χ0v) is 19.8. The molecule has 3 aromatic carbocycles. The molecule has 0 bridgehead atoms. The van der Waals surface area contributed by atoms with E-state index < -0.39 is 27.7 Å². The van der Waals surface area contributed by atoms with Gasteiger partial charge in [0, 0.05) is 12.6 Å². The summed E-state index contributed by atoms with van der Waals surface area (Å²) in [6, 6.07) is 14.4. The van der Waals surface area contributed by atoms with E-state index in [2.05, 4.69) is 0 Å². The van der Waals surface area contributed by atoms with E-state index in [1.165, 1.54) is 42.3 Å². The molecule has 1 atom stereocenters. The number of carbonyl (C=O) groups is 1. The first-order valence-corrected chi connectivity index (χ1v) is 12.0. The maximum Gasteiger partial charge on any atom is 0.339 e. The average molecular weight is 490 g/mol. The van der Waals surface area contributed by atoms with Crippen LogP contribution in [0.25, 0.3) is 0 Å². The Morgan fingerprint density at radius 3 is 2.29 bits per heavy atom. The number of nitrogens with zero attached hydrogens (tertiary/aromatic N) is 1. The number of hydrogen-bond donors (Lipinski definition) is 0. The summed E-state index contributed by atoms with van der Waals surface area (Å²) in [5, 5.41) is 0. The molecule has 0 N–H and O–H groups in total. The maximum atomic E-state index is 14.3. The minimum absolute atomic E-state index is 0.0494. The molecule has 1 unspecified atom stereocenters. The van der Waals surface area contributed by atoms with Gasteiger partial charge in [-0.2, -0.15) is 8.42 Å². The van der Waals surface area contributed by atoms with Crippen molar-refractivity contribution in [1.29, 1.82) is 0 Å². The number of ether oxygens (including phenoxy) is 1. The van der Waals surface area contributed by atoms with E-state index in [4.69, 9.17) is 8.92 Å². The number of hydrogen-bond acceptors (Lipinski definition) is 5. The highest BCUT2D eigenvalue weighted by Gasteiger charge is 2.25. The van der Waals surface area contributed by atoms with Crippen LogP contribution in [-0.2, 0) is 16.7 Å². The Labute approximate surface area is 197 Å². The first-order valence-electron chi connectivity index (χ1n) is 10.6. The van der Waals surface area contributed by atoms with Crippen LogP contribution in [-0.4, -0.2) is 32.4 Å². The van der Waals surface area contributed by atoms with E-state index in [1.54, 1.807) is 12.1 Å². The van der Waals surface area contributed by atoms with Crippen molar-refractivity contribution in [3.05, 3.63) is 89.5 Å². The third-order valence-corrected chi connectivity index (χ3v) is 6.62. The highest BCUT2D eigenvalue weighted by molar-refractivity contribution is 7.87. The van der Waals surface area contributed by atoms with E-state index in [-0.39, 0.29) is 34.5 Å². The monoisotopic (exact) mass is 489 g/mol. The molecule has 0 aliphatic carbocycles. The van der Waals surface area contributed by atoms with Crippen LogP contribution in [0.4, 0.5) is 8.78 Å². The standard InChI is InChI=1S/C25H25F2NO5S/c1-4-17(2)28(25(29)21-7-5-6-8-22(21)27)16-18-9-14-23(32-3)24(15-18)33-34(30,31)20-12-10-19(26)11-13-20/h5-15,17H,4,16H2,1-3H3. The van der Waals surface area contributed by atoms with Gasteiger partial charge in [0.25, 0.3) is 5.91 Å². The normalized spacial score (nSPS) is 12.1. The van der Waals surface area contributed by atoms with Crippen molar-refractivity contribution < 1.29 is 30.9 Å². The average Bonchev–Trinajstić information content (AvgIpc) is 2.82. The molecule has 0 saturated heterocycles. The lowest BCUT2D eigenvalue weighted by Gasteiger charge is -2.29. The van der Waals surface area contributed by atoms with Crippen molar-refractivity contribution in [2.24, 2.45) is 0 Å². The van der Waals surface area contributed by atoms with E-state index in [9.17, 15) is 22.0 Å². The van der Waals surface area contributed by atoms with E-state index in [0.29, 0.717) is 12.0 Å². The fraction of sp³-hybridized carbons (Fsp3) is 0.240. The molecule has 0 aromatic heterocycles. The number of rotatable bonds is 9. The van der Waals surface area contributed by atoms with Gasteiger partial charge >= 0.3 is 10.1 Å². The summed E-state index contributed by atoms with van der Waals surface area (Å²) in [5.41, 5.74) is 0.502. The smallest absolute Gasteiger partial charge is 0.339 e. The molecule has 0 fully saturated rings. The first-order chi connectivity index (χ1) is 16.2. The minimum Gasteiger partial charge on any atom is -0.493 e. The van der Waals surface area contributed by atoms with E-state index in [1.807, 2.05) is 13.8 Å². The zero-order chi connectivity index (χ0) is 24.9. The van der Waals surface area contributed by atoms with Crippen LogP contribution in [0.15, 0.2) is 71.6 Å². The van der Waals surface area contributed by atoms with Gasteiger partial charge in [-0.25, -0.2) is 8.78 Å². The zero-order valence-electron chi connectivity index (χ0n) is 19.0. The predicted octanol–water partition coefficient (Wildman–Crippen LogP) is 5.18. The van der Waals surface area contributed by atoms with Gasteiger partial charge in [0.05, 0.1) is 12.7 Å². The number of amides is 1. The molecule has 6 nitrogen and oxygen atoms in total. The molecule has 0 saturated carbocycles. The Kier molecular flexibility index (Phi) is 7.88. The largest absolute Gasteiger partial charge is 0.493 e. The third kappa shape index (κ3) is 5.72. The second-order valence-electron chi connectivity index (χ2n) is 7.65. The quantitative estimate of drug-likeness (QED) is 0.387. The molecule has 180 valence electrons. The van der Waals surface area contributed by atoms with Crippen LogP contribution < -0.4 is 8.92 Å². The lowest BCUT2D eigenvalue weighted by atomic mass is 10.1. The van der Waals surface area contributed by atoms with Crippen LogP contribution in [0, 0.1) is 11.6 Å². The molecular weight excluding hydrogens is 464 g/mol. The van der Waals surface area contributed by atoms with Crippen LogP contribution >= 0.6 is 0 Å². The summed E-state index contributed by atoms with van der Waals surface area (Å²) in [6.07, 6.45) is 0.624. The lowest BCUT2D eigenvalue weighted by molar-refractivity contribution is 0.0666. The molecule has 3 aromatic rings. The van der Waals surface area contributed by atoms with Gasteiger partial charge in [-0.05, 0) is 67.4 Å². The van der Waals surface area contributed by atoms with Crippen LogP contribution in [0.2, 0.25) is 0 Å². The number of benzene rings is 3. The molecule has 0 spiro atoms. The number of carbonyl (C=O) groups excluding carboxylic acids is 1. The lowest BCUT2D eigenvalue weighted by Crippen LogP contribution is -2.38. The Hall–Kier alpha value is -3.46. The van der Waals surface area contributed by atoms with Crippen LogP contribution in [0.1, 0.15) is 36.2 Å². The van der Waals surface area contributed by atoms with Crippen molar-refractivity contribution in [2.45, 2.75) is 37.8 Å².